The van der Waals surface area contributed by atoms with Crippen molar-refractivity contribution in [2.75, 3.05) is 0 Å². The van der Waals surface area contributed by atoms with E-state index in [0.29, 0.717) is 21.5 Å². The second-order valence-corrected chi connectivity index (χ2v) is 9.58. The van der Waals surface area contributed by atoms with Crippen LogP contribution in [0.15, 0.2) is 0 Å². The number of rotatable bonds is 1. The first kappa shape index (κ1) is 14.7. The lowest BCUT2D eigenvalue weighted by atomic mass is 9.69. The van der Waals surface area contributed by atoms with Crippen molar-refractivity contribution in [1.29, 1.82) is 0 Å². The van der Waals surface area contributed by atoms with Crippen molar-refractivity contribution in [2.45, 2.75) is 61.1 Å². The normalized spacial score (nSPS) is 50.0. The highest BCUT2D eigenvalue weighted by atomic mass is 79.9. The van der Waals surface area contributed by atoms with Crippen LogP contribution in [-0.2, 0) is 9.59 Å². The molecule has 3 saturated carbocycles. The van der Waals surface area contributed by atoms with Crippen LogP contribution in [0.25, 0.3) is 0 Å². The Hall–Kier alpha value is 0.1000. The molecule has 3 nitrogen and oxygen atoms in total. The highest BCUT2D eigenvalue weighted by molar-refractivity contribution is 9.12. The molecule has 2 bridgehead atoms. The van der Waals surface area contributed by atoms with Crippen LogP contribution in [0.2, 0.25) is 0 Å². The third-order valence-corrected chi connectivity index (χ3v) is 9.76. The number of imide groups is 1. The van der Waals surface area contributed by atoms with Gasteiger partial charge in [-0.2, -0.15) is 0 Å². The Morgan fingerprint density at radius 1 is 1.10 bits per heavy atom. The summed E-state index contributed by atoms with van der Waals surface area (Å²) in [5.41, 5.74) is -0.461. The SMILES string of the molecule is C[C@@]12C(=O)N(C3CCCCC3)C(=O)[C@H]1[C@H]1C[C@@H]2[C@H](Br)[C@@H]1Br. The van der Waals surface area contributed by atoms with Crippen LogP contribution >= 0.6 is 31.9 Å². The molecule has 3 aliphatic carbocycles. The first-order chi connectivity index (χ1) is 9.98. The lowest BCUT2D eigenvalue weighted by Gasteiger charge is -2.37. The van der Waals surface area contributed by atoms with Crippen molar-refractivity contribution in [1.82, 2.24) is 4.90 Å². The average Bonchev–Trinajstić information content (AvgIpc) is 3.01. The average molecular weight is 419 g/mol. The van der Waals surface area contributed by atoms with Crippen LogP contribution in [0.5, 0.6) is 0 Å². The van der Waals surface area contributed by atoms with Gasteiger partial charge in [-0.05, 0) is 38.0 Å². The summed E-state index contributed by atoms with van der Waals surface area (Å²) in [5, 5.41) is 0. The second kappa shape index (κ2) is 4.80. The minimum absolute atomic E-state index is 0.0879. The topological polar surface area (TPSA) is 37.4 Å². The van der Waals surface area contributed by atoms with E-state index in [2.05, 4.69) is 38.8 Å². The van der Waals surface area contributed by atoms with E-state index in [4.69, 9.17) is 0 Å². The molecule has 5 heteroatoms. The van der Waals surface area contributed by atoms with Crippen molar-refractivity contribution in [2.24, 2.45) is 23.2 Å². The summed E-state index contributed by atoms with van der Waals surface area (Å²) in [6.07, 6.45) is 6.56. The summed E-state index contributed by atoms with van der Waals surface area (Å²) in [7, 11) is 0. The number of hydrogen-bond donors (Lipinski definition) is 0. The van der Waals surface area contributed by atoms with Crippen LogP contribution in [0.3, 0.4) is 0 Å². The molecule has 1 heterocycles. The Kier molecular flexibility index (Phi) is 3.35. The van der Waals surface area contributed by atoms with Gasteiger partial charge in [-0.3, -0.25) is 14.5 Å². The Morgan fingerprint density at radius 2 is 1.76 bits per heavy atom. The maximum absolute atomic E-state index is 13.1. The van der Waals surface area contributed by atoms with Gasteiger partial charge in [0.15, 0.2) is 0 Å². The molecule has 1 saturated heterocycles. The van der Waals surface area contributed by atoms with Gasteiger partial charge in [0, 0.05) is 15.7 Å². The lowest BCUT2D eigenvalue weighted by molar-refractivity contribution is -0.145. The van der Waals surface area contributed by atoms with Crippen molar-refractivity contribution in [3.05, 3.63) is 0 Å². The molecular formula is C16H21Br2NO2. The van der Waals surface area contributed by atoms with E-state index in [1.807, 2.05) is 0 Å². The molecule has 0 aromatic rings. The zero-order valence-electron chi connectivity index (χ0n) is 12.2. The molecule has 6 atom stereocenters. The smallest absolute Gasteiger partial charge is 0.236 e. The van der Waals surface area contributed by atoms with Crippen molar-refractivity contribution in [3.8, 4) is 0 Å². The van der Waals surface area contributed by atoms with E-state index in [9.17, 15) is 9.59 Å². The third kappa shape index (κ3) is 1.71. The molecule has 116 valence electrons. The number of alkyl halides is 2. The molecule has 2 amide bonds. The van der Waals surface area contributed by atoms with Gasteiger partial charge in [-0.15, -0.1) is 0 Å². The van der Waals surface area contributed by atoms with Gasteiger partial charge in [0.1, 0.15) is 0 Å². The van der Waals surface area contributed by atoms with E-state index in [-0.39, 0.29) is 23.8 Å². The molecule has 21 heavy (non-hydrogen) atoms. The number of nitrogens with zero attached hydrogens (tertiary/aromatic N) is 1. The molecule has 0 unspecified atom stereocenters. The number of halogens is 2. The van der Waals surface area contributed by atoms with Gasteiger partial charge < -0.3 is 0 Å². The molecule has 0 N–H and O–H groups in total. The Morgan fingerprint density at radius 3 is 2.43 bits per heavy atom. The fraction of sp³-hybridized carbons (Fsp3) is 0.875. The Labute approximate surface area is 142 Å². The van der Waals surface area contributed by atoms with Crippen molar-refractivity contribution < 1.29 is 9.59 Å². The fourth-order valence-corrected chi connectivity index (χ4v) is 7.55. The lowest BCUT2D eigenvalue weighted by Crippen LogP contribution is -2.46. The number of likely N-dealkylation sites (tertiary alicyclic amines) is 1. The summed E-state index contributed by atoms with van der Waals surface area (Å²) in [6.45, 7) is 2.05. The van der Waals surface area contributed by atoms with E-state index in [1.54, 1.807) is 4.90 Å². The maximum atomic E-state index is 13.1. The van der Waals surface area contributed by atoms with Gasteiger partial charge in [0.25, 0.3) is 0 Å². The van der Waals surface area contributed by atoms with Gasteiger partial charge in [0.2, 0.25) is 11.8 Å². The van der Waals surface area contributed by atoms with Gasteiger partial charge in [-0.1, -0.05) is 51.1 Å². The highest BCUT2D eigenvalue weighted by Gasteiger charge is 2.73. The predicted molar refractivity (Wildman–Crippen MR) is 87.4 cm³/mol. The molecule has 0 spiro atoms. The van der Waals surface area contributed by atoms with Gasteiger partial charge >= 0.3 is 0 Å². The molecule has 1 aliphatic heterocycles. The van der Waals surface area contributed by atoms with Gasteiger partial charge in [-0.25, -0.2) is 0 Å². The molecule has 0 aromatic carbocycles. The minimum Gasteiger partial charge on any atom is -0.279 e. The number of carbonyl (C=O) groups is 2. The van der Waals surface area contributed by atoms with E-state index in [0.717, 1.165) is 32.1 Å². The minimum atomic E-state index is -0.461. The number of hydrogen-bond acceptors (Lipinski definition) is 2. The van der Waals surface area contributed by atoms with E-state index in [1.165, 1.54) is 6.42 Å². The number of carbonyl (C=O) groups excluding carboxylic acids is 2. The summed E-state index contributed by atoms with van der Waals surface area (Å²) >= 11 is 7.52. The Balaban J connectivity index is 1.70. The van der Waals surface area contributed by atoms with Crippen LogP contribution in [0.1, 0.15) is 45.4 Å². The zero-order valence-corrected chi connectivity index (χ0v) is 15.4. The van der Waals surface area contributed by atoms with Crippen molar-refractivity contribution in [3.63, 3.8) is 0 Å². The number of fused-ring (bicyclic) bond motifs is 5. The summed E-state index contributed by atoms with van der Waals surface area (Å²) in [5.74, 6) is 0.776. The Bertz CT molecular complexity index is 505. The maximum Gasteiger partial charge on any atom is 0.236 e. The quantitative estimate of drug-likeness (QED) is 0.482. The summed E-state index contributed by atoms with van der Waals surface area (Å²) in [4.78, 5) is 28.5. The molecule has 0 aromatic heterocycles. The van der Waals surface area contributed by atoms with Crippen LogP contribution in [0.4, 0.5) is 0 Å². The first-order valence-corrected chi connectivity index (χ1v) is 9.96. The van der Waals surface area contributed by atoms with E-state index >= 15 is 0 Å². The summed E-state index contributed by atoms with van der Waals surface area (Å²) < 4.78 is 0. The first-order valence-electron chi connectivity index (χ1n) is 8.13. The second-order valence-electron chi connectivity index (χ2n) is 7.46. The van der Waals surface area contributed by atoms with Crippen LogP contribution < -0.4 is 0 Å². The monoisotopic (exact) mass is 417 g/mol. The predicted octanol–water partition coefficient (Wildman–Crippen LogP) is 3.49. The van der Waals surface area contributed by atoms with Gasteiger partial charge in [0.05, 0.1) is 11.3 Å². The van der Waals surface area contributed by atoms with Crippen LogP contribution in [0, 0.1) is 23.2 Å². The fourth-order valence-electron chi connectivity index (χ4n) is 5.51. The van der Waals surface area contributed by atoms with E-state index < -0.39 is 5.41 Å². The third-order valence-electron chi connectivity index (χ3n) is 6.59. The molecule has 0 radical (unpaired) electrons. The molecule has 4 aliphatic rings. The highest BCUT2D eigenvalue weighted by Crippen LogP contribution is 2.66. The summed E-state index contributed by atoms with van der Waals surface area (Å²) in [6, 6.07) is 0.170. The number of amides is 2. The standard InChI is InChI=1S/C16H21Br2NO2/c1-16-10-7-9(12(17)13(10)18)11(16)14(20)19(15(16)21)8-5-3-2-4-6-8/h8-13H,2-7H2,1H3/t9-,10-,11-,12-,13+,16+/m1/s1. The largest absolute Gasteiger partial charge is 0.279 e. The molecule has 4 rings (SSSR count). The van der Waals surface area contributed by atoms with Crippen molar-refractivity contribution >= 4 is 43.7 Å². The zero-order chi connectivity index (χ0) is 14.9. The molecular weight excluding hydrogens is 398 g/mol. The molecule has 4 fully saturated rings. The van der Waals surface area contributed by atoms with Crippen LogP contribution in [-0.4, -0.2) is 32.4 Å².